The van der Waals surface area contributed by atoms with Crippen molar-refractivity contribution >= 4 is 82.5 Å². The van der Waals surface area contributed by atoms with Gasteiger partial charge in [0.2, 0.25) is 0 Å². The van der Waals surface area contributed by atoms with E-state index in [2.05, 4.69) is 80.8 Å². The lowest BCUT2D eigenvalue weighted by Crippen LogP contribution is -2.30. The molecule has 2 atom stereocenters. The summed E-state index contributed by atoms with van der Waals surface area (Å²) in [5, 5.41) is 3.66. The molecule has 2 amide bonds. The van der Waals surface area contributed by atoms with Gasteiger partial charge in [0.15, 0.2) is 0 Å². The fraction of sp³-hybridized carbons (Fsp3) is 0.765. The number of ketones is 2. The van der Waals surface area contributed by atoms with Crippen LogP contribution in [0.3, 0.4) is 0 Å². The van der Waals surface area contributed by atoms with Gasteiger partial charge in [0.05, 0.1) is 22.5 Å². The van der Waals surface area contributed by atoms with Crippen LogP contribution < -0.4 is 10.2 Å². The van der Waals surface area contributed by atoms with Gasteiger partial charge in [0.25, 0.3) is 23.4 Å². The van der Waals surface area contributed by atoms with Crippen LogP contribution >= 0.6 is 47.8 Å². The van der Waals surface area contributed by atoms with Crippen LogP contribution in [0.2, 0.25) is 0 Å². The molecule has 0 aromatic heterocycles. The number of unbranched alkanes of at least 4 members (excludes halogenated alkanes) is 32. The Morgan fingerprint density at radius 1 is 0.390 bits per heavy atom. The van der Waals surface area contributed by atoms with Crippen LogP contribution in [0.5, 0.6) is 0 Å². The number of carbonyl (C=O) groups excluding carboxylic acids is 4. The first-order valence-electron chi connectivity index (χ1n) is 32.5. The summed E-state index contributed by atoms with van der Waals surface area (Å²) in [4.78, 5) is 48.7. The maximum absolute atomic E-state index is 12.6. The summed E-state index contributed by atoms with van der Waals surface area (Å²) in [7, 11) is 0. The molecule has 9 heteroatoms. The molecule has 0 aliphatic carbocycles. The van der Waals surface area contributed by atoms with Gasteiger partial charge in [-0.25, -0.2) is 0 Å². The minimum absolute atomic E-state index is 0.353. The molecule has 77 heavy (non-hydrogen) atoms. The molecule has 2 unspecified atom stereocenters. The van der Waals surface area contributed by atoms with Gasteiger partial charge in [0.1, 0.15) is 0 Å². The van der Waals surface area contributed by atoms with E-state index in [1.807, 2.05) is 12.1 Å². The number of nitrogens with one attached hydrogen (secondary N) is 1. The molecule has 4 rings (SSSR count). The van der Waals surface area contributed by atoms with Crippen molar-refractivity contribution in [2.45, 2.75) is 310 Å². The van der Waals surface area contributed by atoms with Crippen molar-refractivity contribution < 1.29 is 19.2 Å². The summed E-state index contributed by atoms with van der Waals surface area (Å²) in [6, 6.07) is 10.6. The Balaban J connectivity index is 0.000000447. The predicted octanol–water partition coefficient (Wildman–Crippen LogP) is 23.4. The Hall–Kier alpha value is -1.84. The summed E-state index contributed by atoms with van der Waals surface area (Å²) in [5.41, 5.74) is 2.37. The van der Waals surface area contributed by atoms with Crippen LogP contribution in [0.4, 0.5) is 11.4 Å². The number of hydrogen-bond acceptors (Lipinski definition) is 4. The predicted molar refractivity (Wildman–Crippen MR) is 345 cm³/mol. The van der Waals surface area contributed by atoms with Crippen molar-refractivity contribution in [3.8, 4) is 0 Å². The fourth-order valence-corrected chi connectivity index (χ4v) is 12.4. The third-order valence-electron chi connectivity index (χ3n) is 16.2. The average molecular weight is 1260 g/mol. The fourth-order valence-electron chi connectivity index (χ4n) is 11.4. The number of nitrogens with zero attached hydrogens (tertiary/aromatic N) is 1. The van der Waals surface area contributed by atoms with Gasteiger partial charge < -0.3 is 10.2 Å². The number of Topliss-reactive ketones (excluding diaryl/α,β-unsaturated/α-hetero) is 2. The first kappa shape index (κ1) is 71.3. The number of alkyl halides is 1. The normalized spacial score (nSPS) is 13.5. The highest BCUT2D eigenvalue weighted by Crippen LogP contribution is 2.33. The molecule has 2 aliphatic rings. The lowest BCUT2D eigenvalue weighted by molar-refractivity contribution is -0.114. The van der Waals surface area contributed by atoms with E-state index in [0.717, 1.165) is 39.3 Å². The maximum Gasteiger partial charge on any atom is 0.299 e. The van der Waals surface area contributed by atoms with Crippen LogP contribution in [0.25, 0.3) is 0 Å². The zero-order chi connectivity index (χ0) is 56.0. The third kappa shape index (κ3) is 34.3. The van der Waals surface area contributed by atoms with Gasteiger partial charge in [0, 0.05) is 20.8 Å². The number of anilines is 2. The molecule has 0 saturated heterocycles. The summed E-state index contributed by atoms with van der Waals surface area (Å²) in [6.07, 6.45) is 61.8. The van der Waals surface area contributed by atoms with Gasteiger partial charge in [-0.2, -0.15) is 0 Å². The summed E-state index contributed by atoms with van der Waals surface area (Å²) in [6.45, 7) is 9.83. The standard InChI is InChI=1S/C34H56BrNO2.C26H53Br.C8H4BrNO2/c1-3-5-7-9-11-13-14-16-18-20-23-29(22-19-17-15-12-10-8-6-4-2)24-21-27-36-32-28-30(35)25-26-31(32)33(37)34(36)38;1-3-5-7-9-11-13-14-16-18-20-23-26(24-21-25-27)22-19-17-15-12-10-8-6-4-2;9-4-1-2-5-6(3-4)10-8(12)7(5)11/h25-26,28-29H,3-24,27H2,1-2H3;26H,3-25H2,1-2H3;1-3H,(H,10,11,12). The molecular weight excluding hydrogens is 1150 g/mol. The molecule has 2 aliphatic heterocycles. The molecule has 0 fully saturated rings. The molecular formula is C68H113Br3N2O4. The Morgan fingerprint density at radius 3 is 1.09 bits per heavy atom. The van der Waals surface area contributed by atoms with E-state index >= 15 is 0 Å². The summed E-state index contributed by atoms with van der Waals surface area (Å²) >= 11 is 10.4. The van der Waals surface area contributed by atoms with Gasteiger partial charge in [-0.15, -0.1) is 0 Å². The Labute approximate surface area is 498 Å². The van der Waals surface area contributed by atoms with E-state index in [1.54, 1.807) is 29.2 Å². The molecule has 6 nitrogen and oxygen atoms in total. The highest BCUT2D eigenvalue weighted by atomic mass is 79.9. The molecule has 1 N–H and O–H groups in total. The molecule has 440 valence electrons. The van der Waals surface area contributed by atoms with E-state index in [9.17, 15) is 19.2 Å². The second kappa shape index (κ2) is 48.8. The molecule has 2 aromatic carbocycles. The van der Waals surface area contributed by atoms with Crippen molar-refractivity contribution in [1.82, 2.24) is 0 Å². The Bertz CT molecular complexity index is 1820. The minimum Gasteiger partial charge on any atom is -0.318 e. The van der Waals surface area contributed by atoms with E-state index in [1.165, 1.54) is 275 Å². The summed E-state index contributed by atoms with van der Waals surface area (Å²) < 4.78 is 1.76. The third-order valence-corrected chi connectivity index (χ3v) is 17.8. The minimum atomic E-state index is -0.553. The molecule has 0 spiro atoms. The first-order chi connectivity index (χ1) is 37.6. The SMILES string of the molecule is CCCCCCCCCCCCC(CCCBr)CCCCCCCCCC.CCCCCCCCCCCCC(CCCCCCCCCC)CCCN1C(=O)C(=O)c2ccc(Br)cc21.O=C1Nc2cc(Br)ccc2C1=O. The van der Waals surface area contributed by atoms with Crippen molar-refractivity contribution in [1.29, 1.82) is 0 Å². The van der Waals surface area contributed by atoms with Crippen molar-refractivity contribution in [2.75, 3.05) is 22.1 Å². The highest BCUT2D eigenvalue weighted by Gasteiger charge is 2.35. The van der Waals surface area contributed by atoms with Crippen LogP contribution in [0.15, 0.2) is 45.3 Å². The van der Waals surface area contributed by atoms with Gasteiger partial charge in [-0.1, -0.05) is 332 Å². The number of rotatable bonds is 47. The quantitative estimate of drug-likeness (QED) is 0.0407. The van der Waals surface area contributed by atoms with Crippen LogP contribution in [-0.4, -0.2) is 35.3 Å². The molecule has 0 saturated carbocycles. The number of halogens is 3. The number of fused-ring (bicyclic) bond motifs is 2. The zero-order valence-electron chi connectivity index (χ0n) is 49.9. The van der Waals surface area contributed by atoms with Crippen LogP contribution in [0, 0.1) is 11.8 Å². The van der Waals surface area contributed by atoms with E-state index < -0.39 is 11.7 Å². The first-order valence-corrected chi connectivity index (χ1v) is 35.2. The smallest absolute Gasteiger partial charge is 0.299 e. The number of hydrogen-bond donors (Lipinski definition) is 1. The second-order valence-corrected chi connectivity index (χ2v) is 25.7. The van der Waals surface area contributed by atoms with Crippen molar-refractivity contribution in [3.05, 3.63) is 56.5 Å². The molecule has 2 heterocycles. The Kier molecular flexibility index (Phi) is 45.2. The number of amides is 2. The summed E-state index contributed by atoms with van der Waals surface area (Å²) in [5.74, 6) is 0.0394. The molecule has 0 radical (unpaired) electrons. The molecule has 2 aromatic rings. The topological polar surface area (TPSA) is 83.6 Å². The van der Waals surface area contributed by atoms with E-state index in [0.29, 0.717) is 23.4 Å². The zero-order valence-corrected chi connectivity index (χ0v) is 54.6. The number of benzene rings is 2. The lowest BCUT2D eigenvalue weighted by Gasteiger charge is -2.20. The molecule has 0 bridgehead atoms. The van der Waals surface area contributed by atoms with Gasteiger partial charge in [-0.3, -0.25) is 19.2 Å². The van der Waals surface area contributed by atoms with Gasteiger partial charge >= 0.3 is 0 Å². The maximum atomic E-state index is 12.6. The van der Waals surface area contributed by atoms with Crippen LogP contribution in [-0.2, 0) is 9.59 Å². The Morgan fingerprint density at radius 2 is 0.714 bits per heavy atom. The van der Waals surface area contributed by atoms with E-state index in [-0.39, 0.29) is 11.7 Å². The number of carbonyl (C=O) groups is 4. The monoisotopic (exact) mass is 1260 g/mol. The highest BCUT2D eigenvalue weighted by molar-refractivity contribution is 9.10. The van der Waals surface area contributed by atoms with Crippen molar-refractivity contribution in [2.24, 2.45) is 11.8 Å². The average Bonchev–Trinajstić information content (AvgIpc) is 3.85. The lowest BCUT2D eigenvalue weighted by atomic mass is 9.90. The van der Waals surface area contributed by atoms with E-state index in [4.69, 9.17) is 0 Å². The largest absolute Gasteiger partial charge is 0.318 e. The van der Waals surface area contributed by atoms with Gasteiger partial charge in [-0.05, 0) is 73.9 Å². The second-order valence-electron chi connectivity index (χ2n) is 23.1. The van der Waals surface area contributed by atoms with Crippen molar-refractivity contribution in [3.63, 3.8) is 0 Å². The van der Waals surface area contributed by atoms with Crippen LogP contribution in [0.1, 0.15) is 331 Å².